The van der Waals surface area contributed by atoms with Crippen molar-refractivity contribution in [1.29, 1.82) is 0 Å². The number of piperidine rings is 1. The zero-order valence-electron chi connectivity index (χ0n) is 20.3. The lowest BCUT2D eigenvalue weighted by Crippen LogP contribution is -2.44. The lowest BCUT2D eigenvalue weighted by molar-refractivity contribution is -0.125. The molecule has 2 atom stereocenters. The molecule has 2 aromatic rings. The Balaban J connectivity index is 1.35. The van der Waals surface area contributed by atoms with E-state index in [0.717, 1.165) is 48.5 Å². The maximum absolute atomic E-state index is 13.5. The SMILES string of the molecule is Cc1cccc(C2(C(=O)Nc3ccc(OCCN4C[C@H](C)C[C@H](C)C4)cc3)CCOCC2)c1. The molecule has 0 unspecified atom stereocenters. The molecule has 2 aromatic carbocycles. The molecule has 1 amide bonds. The van der Waals surface area contributed by atoms with E-state index in [-0.39, 0.29) is 5.91 Å². The van der Waals surface area contributed by atoms with Crippen LogP contribution < -0.4 is 10.1 Å². The molecule has 2 saturated heterocycles. The van der Waals surface area contributed by atoms with Crippen LogP contribution in [0.5, 0.6) is 5.75 Å². The first-order chi connectivity index (χ1) is 15.9. The van der Waals surface area contributed by atoms with Crippen molar-refractivity contribution in [2.75, 3.05) is 44.8 Å². The average molecular weight is 451 g/mol. The summed E-state index contributed by atoms with van der Waals surface area (Å²) in [5, 5.41) is 3.16. The Morgan fingerprint density at radius 3 is 2.45 bits per heavy atom. The monoisotopic (exact) mass is 450 g/mol. The van der Waals surface area contributed by atoms with Crippen LogP contribution in [0.3, 0.4) is 0 Å². The van der Waals surface area contributed by atoms with Crippen molar-refractivity contribution >= 4 is 11.6 Å². The van der Waals surface area contributed by atoms with Gasteiger partial charge in [-0.3, -0.25) is 9.69 Å². The van der Waals surface area contributed by atoms with Crippen LogP contribution in [0.2, 0.25) is 0 Å². The summed E-state index contributed by atoms with van der Waals surface area (Å²) in [6.07, 6.45) is 2.71. The Hall–Kier alpha value is -2.37. The number of nitrogens with one attached hydrogen (secondary N) is 1. The largest absolute Gasteiger partial charge is 0.492 e. The third kappa shape index (κ3) is 5.96. The van der Waals surface area contributed by atoms with Gasteiger partial charge in [0.05, 0.1) is 5.41 Å². The van der Waals surface area contributed by atoms with Crippen molar-refractivity contribution in [1.82, 2.24) is 4.90 Å². The number of carbonyl (C=O) groups excluding carboxylic acids is 1. The van der Waals surface area contributed by atoms with Crippen LogP contribution in [-0.4, -0.2) is 50.3 Å². The molecular weight excluding hydrogens is 412 g/mol. The second-order valence-corrected chi connectivity index (χ2v) is 10.1. The van der Waals surface area contributed by atoms with Gasteiger partial charge in [-0.15, -0.1) is 0 Å². The van der Waals surface area contributed by atoms with Gasteiger partial charge in [-0.2, -0.15) is 0 Å². The van der Waals surface area contributed by atoms with E-state index in [2.05, 4.69) is 49.2 Å². The maximum Gasteiger partial charge on any atom is 0.235 e. The summed E-state index contributed by atoms with van der Waals surface area (Å²) in [6, 6.07) is 16.1. The summed E-state index contributed by atoms with van der Waals surface area (Å²) in [7, 11) is 0. The minimum atomic E-state index is -0.553. The summed E-state index contributed by atoms with van der Waals surface area (Å²) in [5.74, 6) is 2.40. The zero-order valence-corrected chi connectivity index (χ0v) is 20.3. The van der Waals surface area contributed by atoms with Crippen molar-refractivity contribution < 1.29 is 14.3 Å². The molecule has 0 radical (unpaired) electrons. The van der Waals surface area contributed by atoms with Gasteiger partial charge in [-0.25, -0.2) is 0 Å². The molecule has 33 heavy (non-hydrogen) atoms. The lowest BCUT2D eigenvalue weighted by Gasteiger charge is -2.36. The molecule has 2 fully saturated rings. The van der Waals surface area contributed by atoms with Gasteiger partial charge in [-0.1, -0.05) is 43.7 Å². The van der Waals surface area contributed by atoms with Crippen LogP contribution in [0.1, 0.15) is 44.2 Å². The number of likely N-dealkylation sites (tertiary alicyclic amines) is 1. The van der Waals surface area contributed by atoms with Crippen molar-refractivity contribution in [2.24, 2.45) is 11.8 Å². The molecule has 178 valence electrons. The Morgan fingerprint density at radius 2 is 1.79 bits per heavy atom. The number of rotatable bonds is 7. The number of nitrogens with zero attached hydrogens (tertiary/aromatic N) is 1. The maximum atomic E-state index is 13.5. The fourth-order valence-corrected chi connectivity index (χ4v) is 5.46. The Bertz CT molecular complexity index is 911. The van der Waals surface area contributed by atoms with Gasteiger partial charge in [0.2, 0.25) is 5.91 Å². The van der Waals surface area contributed by atoms with E-state index in [1.165, 1.54) is 12.0 Å². The van der Waals surface area contributed by atoms with Crippen molar-refractivity contribution in [3.8, 4) is 5.75 Å². The van der Waals surface area contributed by atoms with Gasteiger partial charge in [0.25, 0.3) is 0 Å². The number of hydrogen-bond donors (Lipinski definition) is 1. The molecular formula is C28H38N2O3. The highest BCUT2D eigenvalue weighted by Crippen LogP contribution is 2.36. The van der Waals surface area contributed by atoms with Gasteiger partial charge < -0.3 is 14.8 Å². The first kappa shape index (κ1) is 23.8. The Morgan fingerprint density at radius 1 is 1.09 bits per heavy atom. The van der Waals surface area contributed by atoms with Crippen LogP contribution in [0.4, 0.5) is 5.69 Å². The van der Waals surface area contributed by atoms with Crippen LogP contribution in [0, 0.1) is 18.8 Å². The fourth-order valence-electron chi connectivity index (χ4n) is 5.46. The van der Waals surface area contributed by atoms with E-state index in [1.807, 2.05) is 30.3 Å². The fraction of sp³-hybridized carbons (Fsp3) is 0.536. The predicted octanol–water partition coefficient (Wildman–Crippen LogP) is 5.04. The number of aryl methyl sites for hydroxylation is 1. The van der Waals surface area contributed by atoms with Crippen molar-refractivity contribution in [3.63, 3.8) is 0 Å². The highest BCUT2D eigenvalue weighted by molar-refractivity contribution is 5.99. The van der Waals surface area contributed by atoms with E-state index in [4.69, 9.17) is 9.47 Å². The summed E-state index contributed by atoms with van der Waals surface area (Å²) in [4.78, 5) is 16.0. The first-order valence-electron chi connectivity index (χ1n) is 12.4. The normalized spacial score (nSPS) is 23.1. The highest BCUT2D eigenvalue weighted by Gasteiger charge is 2.41. The van der Waals surface area contributed by atoms with Crippen molar-refractivity contribution in [2.45, 2.75) is 45.4 Å². The van der Waals surface area contributed by atoms with E-state index < -0.39 is 5.41 Å². The smallest absolute Gasteiger partial charge is 0.235 e. The molecule has 0 aliphatic carbocycles. The molecule has 0 saturated carbocycles. The Labute approximate surface area is 198 Å². The quantitative estimate of drug-likeness (QED) is 0.642. The summed E-state index contributed by atoms with van der Waals surface area (Å²) in [6.45, 7) is 11.9. The average Bonchev–Trinajstić information content (AvgIpc) is 2.80. The van der Waals surface area contributed by atoms with E-state index >= 15 is 0 Å². The molecule has 0 bridgehead atoms. The second-order valence-electron chi connectivity index (χ2n) is 10.1. The molecule has 5 heteroatoms. The van der Waals surface area contributed by atoms with Crippen LogP contribution >= 0.6 is 0 Å². The third-order valence-electron chi connectivity index (χ3n) is 7.08. The Kier molecular flexibility index (Phi) is 7.71. The molecule has 0 spiro atoms. The summed E-state index contributed by atoms with van der Waals surface area (Å²) in [5.41, 5.74) is 2.48. The topological polar surface area (TPSA) is 50.8 Å². The molecule has 1 N–H and O–H groups in total. The minimum Gasteiger partial charge on any atom is -0.492 e. The number of anilines is 1. The van der Waals surface area contributed by atoms with Gasteiger partial charge in [0.1, 0.15) is 12.4 Å². The molecule has 2 heterocycles. The van der Waals surface area contributed by atoms with Gasteiger partial charge in [-0.05, 0) is 67.9 Å². The van der Waals surface area contributed by atoms with Crippen molar-refractivity contribution in [3.05, 3.63) is 59.7 Å². The third-order valence-corrected chi connectivity index (χ3v) is 7.08. The minimum absolute atomic E-state index is 0.0402. The second kappa shape index (κ2) is 10.7. The number of ether oxygens (including phenoxy) is 2. The van der Waals surface area contributed by atoms with Gasteiger partial charge >= 0.3 is 0 Å². The van der Waals surface area contributed by atoms with Crippen LogP contribution in [0.25, 0.3) is 0 Å². The number of hydrogen-bond acceptors (Lipinski definition) is 4. The predicted molar refractivity (Wildman–Crippen MR) is 133 cm³/mol. The molecule has 0 aromatic heterocycles. The van der Waals surface area contributed by atoms with Gasteiger partial charge in [0.15, 0.2) is 0 Å². The van der Waals surface area contributed by atoms with E-state index in [1.54, 1.807) is 0 Å². The zero-order chi connectivity index (χ0) is 23.3. The number of amides is 1. The summed E-state index contributed by atoms with van der Waals surface area (Å²) < 4.78 is 11.6. The standard InChI is InChI=1S/C28H38N2O3/c1-21-5-4-6-24(18-21)28(11-14-32-15-12-28)27(31)29-25-7-9-26(10-8-25)33-16-13-30-19-22(2)17-23(3)20-30/h4-10,18,22-23H,11-17,19-20H2,1-3H3,(H,29,31)/t22-,23+. The number of carbonyl (C=O) groups is 1. The highest BCUT2D eigenvalue weighted by atomic mass is 16.5. The lowest BCUT2D eigenvalue weighted by atomic mass is 9.73. The van der Waals surface area contributed by atoms with Crippen LogP contribution in [0.15, 0.2) is 48.5 Å². The number of benzene rings is 2. The molecule has 5 nitrogen and oxygen atoms in total. The van der Waals surface area contributed by atoms with Crippen LogP contribution in [-0.2, 0) is 14.9 Å². The molecule has 4 rings (SSSR count). The van der Waals surface area contributed by atoms with Gasteiger partial charge in [0, 0.05) is 38.5 Å². The first-order valence-corrected chi connectivity index (χ1v) is 12.4. The molecule has 2 aliphatic rings. The van der Waals surface area contributed by atoms with E-state index in [0.29, 0.717) is 32.7 Å². The summed E-state index contributed by atoms with van der Waals surface area (Å²) >= 11 is 0. The van der Waals surface area contributed by atoms with E-state index in [9.17, 15) is 4.79 Å². The molecule has 2 aliphatic heterocycles.